The van der Waals surface area contributed by atoms with Gasteiger partial charge in [-0.1, -0.05) is 0 Å². The number of rotatable bonds is 5. The molecule has 6 nitrogen and oxygen atoms in total. The van der Waals surface area contributed by atoms with E-state index in [1.165, 1.54) is 6.07 Å². The first-order valence-electron chi connectivity index (χ1n) is 5.41. The van der Waals surface area contributed by atoms with Crippen LogP contribution in [0, 0.1) is 3.57 Å². The number of hydrogen-bond donors (Lipinski definition) is 2. The summed E-state index contributed by atoms with van der Waals surface area (Å²) < 4.78 is 6.16. The number of nitrogens with one attached hydrogen (secondary N) is 1. The van der Waals surface area contributed by atoms with Crippen molar-refractivity contribution >= 4 is 51.5 Å². The average molecular weight is 404 g/mol. The minimum Gasteiger partial charge on any atom is -0.477 e. The zero-order valence-corrected chi connectivity index (χ0v) is 13.0. The molecule has 2 aromatic heterocycles. The Morgan fingerprint density at radius 3 is 2.85 bits per heavy atom. The van der Waals surface area contributed by atoms with Gasteiger partial charge in [-0.15, -0.1) is 11.3 Å². The quantitative estimate of drug-likeness (QED) is 0.748. The van der Waals surface area contributed by atoms with Crippen LogP contribution in [0.2, 0.25) is 0 Å². The molecule has 0 aromatic carbocycles. The molecule has 0 unspecified atom stereocenters. The van der Waals surface area contributed by atoms with Crippen LogP contribution in [0.5, 0.6) is 5.88 Å². The number of ether oxygens (including phenoxy) is 1. The van der Waals surface area contributed by atoms with Crippen molar-refractivity contribution in [1.82, 2.24) is 4.98 Å². The summed E-state index contributed by atoms with van der Waals surface area (Å²) in [7, 11) is 0. The van der Waals surface area contributed by atoms with Gasteiger partial charge in [-0.25, -0.2) is 9.78 Å². The standard InChI is InChI=1S/C12H9IN2O4S/c13-7-1-2-10(14-5-7)19-6-9(16)15-8-3-4-20-11(8)12(17)18/h1-5H,6H2,(H,15,16)(H,17,18). The molecule has 2 rings (SSSR count). The topological polar surface area (TPSA) is 88.5 Å². The van der Waals surface area contributed by atoms with Gasteiger partial charge in [0, 0.05) is 15.8 Å². The predicted molar refractivity (Wildman–Crippen MR) is 82.4 cm³/mol. The van der Waals surface area contributed by atoms with Crippen molar-refractivity contribution in [3.05, 3.63) is 38.2 Å². The van der Waals surface area contributed by atoms with Gasteiger partial charge >= 0.3 is 5.97 Å². The maximum Gasteiger partial charge on any atom is 0.348 e. The number of aromatic nitrogens is 1. The van der Waals surface area contributed by atoms with Gasteiger partial charge < -0.3 is 15.2 Å². The van der Waals surface area contributed by atoms with E-state index < -0.39 is 11.9 Å². The number of hydrogen-bond acceptors (Lipinski definition) is 5. The Morgan fingerprint density at radius 2 is 2.20 bits per heavy atom. The molecule has 0 aliphatic carbocycles. The maximum absolute atomic E-state index is 11.7. The lowest BCUT2D eigenvalue weighted by molar-refractivity contribution is -0.118. The van der Waals surface area contributed by atoms with E-state index in [2.05, 4.69) is 32.9 Å². The summed E-state index contributed by atoms with van der Waals surface area (Å²) in [6.07, 6.45) is 1.62. The average Bonchev–Trinajstić information content (AvgIpc) is 2.86. The van der Waals surface area contributed by atoms with Crippen molar-refractivity contribution in [2.24, 2.45) is 0 Å². The smallest absolute Gasteiger partial charge is 0.348 e. The molecule has 0 aliphatic rings. The summed E-state index contributed by atoms with van der Waals surface area (Å²) in [4.78, 5) is 26.6. The fourth-order valence-corrected chi connectivity index (χ4v) is 2.35. The highest BCUT2D eigenvalue weighted by Gasteiger charge is 2.14. The molecule has 0 saturated carbocycles. The van der Waals surface area contributed by atoms with Gasteiger partial charge in [0.2, 0.25) is 5.88 Å². The van der Waals surface area contributed by atoms with E-state index in [1.807, 2.05) is 6.07 Å². The number of aromatic carboxylic acids is 1. The van der Waals surface area contributed by atoms with Crippen LogP contribution < -0.4 is 10.1 Å². The van der Waals surface area contributed by atoms with E-state index in [1.54, 1.807) is 17.6 Å². The highest BCUT2D eigenvalue weighted by molar-refractivity contribution is 14.1. The molecule has 1 amide bonds. The van der Waals surface area contributed by atoms with Crippen molar-refractivity contribution < 1.29 is 19.4 Å². The number of pyridine rings is 1. The van der Waals surface area contributed by atoms with Crippen LogP contribution in [0.1, 0.15) is 9.67 Å². The number of carbonyl (C=O) groups is 2. The third kappa shape index (κ3) is 3.90. The molecule has 2 N–H and O–H groups in total. The van der Waals surface area contributed by atoms with Crippen LogP contribution in [-0.2, 0) is 4.79 Å². The lowest BCUT2D eigenvalue weighted by Gasteiger charge is -2.06. The first-order valence-corrected chi connectivity index (χ1v) is 7.37. The fraction of sp³-hybridized carbons (Fsp3) is 0.0833. The summed E-state index contributed by atoms with van der Waals surface area (Å²) in [6, 6.07) is 5.00. The Hall–Kier alpha value is -1.68. The van der Waals surface area contributed by atoms with Crippen LogP contribution in [-0.4, -0.2) is 28.6 Å². The van der Waals surface area contributed by atoms with Gasteiger partial charge in [-0.05, 0) is 40.1 Å². The molecule has 104 valence electrons. The van der Waals surface area contributed by atoms with Crippen molar-refractivity contribution in [2.75, 3.05) is 11.9 Å². The van der Waals surface area contributed by atoms with Crippen molar-refractivity contribution in [3.8, 4) is 5.88 Å². The number of thiophene rings is 1. The molecular weight excluding hydrogens is 395 g/mol. The molecule has 0 saturated heterocycles. The maximum atomic E-state index is 11.7. The molecule has 20 heavy (non-hydrogen) atoms. The molecule has 0 fully saturated rings. The molecular formula is C12H9IN2O4S. The van der Waals surface area contributed by atoms with E-state index in [0.29, 0.717) is 5.88 Å². The monoisotopic (exact) mass is 404 g/mol. The molecule has 0 aliphatic heterocycles. The molecule has 2 aromatic rings. The highest BCUT2D eigenvalue weighted by Crippen LogP contribution is 2.22. The third-order valence-corrected chi connectivity index (χ3v) is 3.73. The molecule has 8 heteroatoms. The van der Waals surface area contributed by atoms with Gasteiger partial charge in [-0.3, -0.25) is 4.79 Å². The van der Waals surface area contributed by atoms with Crippen LogP contribution >= 0.6 is 33.9 Å². The predicted octanol–water partition coefficient (Wildman–Crippen LogP) is 2.46. The van der Waals surface area contributed by atoms with Crippen molar-refractivity contribution in [2.45, 2.75) is 0 Å². The Morgan fingerprint density at radius 1 is 1.40 bits per heavy atom. The molecule has 0 bridgehead atoms. The Balaban J connectivity index is 1.91. The fourth-order valence-electron chi connectivity index (χ4n) is 1.35. The Labute approximate surface area is 131 Å². The second-order valence-electron chi connectivity index (χ2n) is 3.62. The van der Waals surface area contributed by atoms with Crippen LogP contribution in [0.25, 0.3) is 0 Å². The van der Waals surface area contributed by atoms with Crippen molar-refractivity contribution in [1.29, 1.82) is 0 Å². The second-order valence-corrected chi connectivity index (χ2v) is 5.78. The summed E-state index contributed by atoms with van der Waals surface area (Å²) in [5.74, 6) is -1.17. The van der Waals surface area contributed by atoms with E-state index in [9.17, 15) is 9.59 Å². The summed E-state index contributed by atoms with van der Waals surface area (Å²) in [5.41, 5.74) is 0.270. The molecule has 2 heterocycles. The molecule has 0 spiro atoms. The van der Waals surface area contributed by atoms with Gasteiger partial charge in [0.25, 0.3) is 5.91 Å². The summed E-state index contributed by atoms with van der Waals surface area (Å²) >= 11 is 3.16. The minimum atomic E-state index is -1.07. The molecule has 0 atom stereocenters. The first kappa shape index (κ1) is 14.7. The SMILES string of the molecule is O=C(COc1ccc(I)cn1)Nc1ccsc1C(=O)O. The number of carboxylic acids is 1. The zero-order valence-electron chi connectivity index (χ0n) is 10.00. The van der Waals surface area contributed by atoms with E-state index in [-0.39, 0.29) is 17.2 Å². The number of anilines is 1. The zero-order chi connectivity index (χ0) is 14.5. The van der Waals surface area contributed by atoms with Gasteiger partial charge in [0.15, 0.2) is 6.61 Å². The number of halogens is 1. The second kappa shape index (κ2) is 6.66. The van der Waals surface area contributed by atoms with Gasteiger partial charge in [0.05, 0.1) is 5.69 Å². The van der Waals surface area contributed by atoms with Gasteiger partial charge in [-0.2, -0.15) is 0 Å². The van der Waals surface area contributed by atoms with Crippen LogP contribution in [0.15, 0.2) is 29.8 Å². The van der Waals surface area contributed by atoms with Crippen LogP contribution in [0.3, 0.4) is 0 Å². The summed E-state index contributed by atoms with van der Waals surface area (Å²) in [5, 5.41) is 13.0. The Kier molecular flexibility index (Phi) is 4.90. The van der Waals surface area contributed by atoms with E-state index in [0.717, 1.165) is 14.9 Å². The number of carbonyl (C=O) groups excluding carboxylic acids is 1. The third-order valence-electron chi connectivity index (χ3n) is 2.18. The lowest BCUT2D eigenvalue weighted by Crippen LogP contribution is -2.21. The highest BCUT2D eigenvalue weighted by atomic mass is 127. The van der Waals surface area contributed by atoms with E-state index in [4.69, 9.17) is 9.84 Å². The largest absolute Gasteiger partial charge is 0.477 e. The number of carboxylic acid groups (broad SMARTS) is 1. The first-order chi connectivity index (χ1) is 9.56. The van der Waals surface area contributed by atoms with Crippen molar-refractivity contribution in [3.63, 3.8) is 0 Å². The number of nitrogens with zero attached hydrogens (tertiary/aromatic N) is 1. The molecule has 0 radical (unpaired) electrons. The minimum absolute atomic E-state index is 0.0886. The lowest BCUT2D eigenvalue weighted by atomic mass is 10.4. The van der Waals surface area contributed by atoms with Gasteiger partial charge in [0.1, 0.15) is 4.88 Å². The van der Waals surface area contributed by atoms with E-state index >= 15 is 0 Å². The normalized spacial score (nSPS) is 10.1. The Bertz CT molecular complexity index is 627. The summed E-state index contributed by atoms with van der Waals surface area (Å²) in [6.45, 7) is -0.234. The van der Waals surface area contributed by atoms with Crippen LogP contribution in [0.4, 0.5) is 5.69 Å². The number of amides is 1.